The van der Waals surface area contributed by atoms with Gasteiger partial charge >= 0.3 is 0 Å². The lowest BCUT2D eigenvalue weighted by Gasteiger charge is -2.24. The fraction of sp³-hybridized carbons (Fsp3) is 0.406. The second kappa shape index (κ2) is 13.3. The van der Waals surface area contributed by atoms with Gasteiger partial charge < -0.3 is 15.6 Å². The molecule has 3 N–H and O–H groups in total. The number of amides is 2. The highest BCUT2D eigenvalue weighted by Gasteiger charge is 2.35. The summed E-state index contributed by atoms with van der Waals surface area (Å²) in [6.07, 6.45) is 2.26. The van der Waals surface area contributed by atoms with Crippen molar-refractivity contribution in [1.29, 1.82) is 0 Å². The molecule has 1 heterocycles. The van der Waals surface area contributed by atoms with Crippen LogP contribution in [0, 0.1) is 17.8 Å². The lowest BCUT2D eigenvalue weighted by Crippen LogP contribution is -2.50. The number of para-hydroxylation sites is 1. The molecule has 3 atom stereocenters. The predicted molar refractivity (Wildman–Crippen MR) is 152 cm³/mol. The van der Waals surface area contributed by atoms with Gasteiger partial charge in [-0.05, 0) is 49.3 Å². The van der Waals surface area contributed by atoms with E-state index >= 15 is 0 Å². The maximum Gasteiger partial charge on any atom is 0.289 e. The average Bonchev–Trinajstić information content (AvgIpc) is 3.56. The quantitative estimate of drug-likeness (QED) is 0.216. The van der Waals surface area contributed by atoms with Crippen molar-refractivity contribution >= 4 is 40.1 Å². The van der Waals surface area contributed by atoms with Gasteiger partial charge in [-0.25, -0.2) is 0 Å². The number of Topliss-reactive ketones (excluding diaryl/α,β-unsaturated/α-hetero) is 3. The van der Waals surface area contributed by atoms with Crippen LogP contribution in [0.15, 0.2) is 60.7 Å². The molecule has 8 heteroatoms. The van der Waals surface area contributed by atoms with Crippen molar-refractivity contribution in [2.24, 2.45) is 17.8 Å². The van der Waals surface area contributed by atoms with E-state index in [4.69, 9.17) is 0 Å². The minimum Gasteiger partial charge on any atom is -0.352 e. The van der Waals surface area contributed by atoms with Gasteiger partial charge in [0.15, 0.2) is 5.78 Å². The Kier molecular flexibility index (Phi) is 9.64. The normalized spacial score (nSPS) is 16.6. The van der Waals surface area contributed by atoms with Crippen LogP contribution in [0.25, 0.3) is 10.9 Å². The molecule has 1 saturated carbocycles. The molecule has 1 aliphatic carbocycles. The van der Waals surface area contributed by atoms with Crippen LogP contribution in [0.5, 0.6) is 0 Å². The number of carbonyl (C=O) groups is 5. The number of H-pyrrole nitrogens is 1. The molecule has 3 aromatic rings. The second-order valence-electron chi connectivity index (χ2n) is 11.1. The molecular formula is C32H37N3O5. The molecule has 2 amide bonds. The third-order valence-electron chi connectivity index (χ3n) is 7.49. The van der Waals surface area contributed by atoms with Gasteiger partial charge in [-0.2, -0.15) is 0 Å². The maximum atomic E-state index is 13.5. The Bertz CT molecular complexity index is 1340. The fourth-order valence-electron chi connectivity index (χ4n) is 5.38. The van der Waals surface area contributed by atoms with Crippen LogP contribution >= 0.6 is 0 Å². The van der Waals surface area contributed by atoms with Crippen LogP contribution in [0.2, 0.25) is 0 Å². The highest BCUT2D eigenvalue weighted by atomic mass is 16.2. The van der Waals surface area contributed by atoms with Crippen molar-refractivity contribution in [3.05, 3.63) is 71.9 Å². The van der Waals surface area contributed by atoms with E-state index in [0.717, 1.165) is 22.9 Å². The van der Waals surface area contributed by atoms with E-state index in [9.17, 15) is 24.0 Å². The highest BCUT2D eigenvalue weighted by molar-refractivity contribution is 6.38. The van der Waals surface area contributed by atoms with Crippen molar-refractivity contribution in [1.82, 2.24) is 15.6 Å². The number of rotatable bonds is 13. The molecular weight excluding hydrogens is 506 g/mol. The first-order valence-electron chi connectivity index (χ1n) is 14.0. The fourth-order valence-corrected chi connectivity index (χ4v) is 5.38. The standard InChI is InChI=1S/C32H37N3O5/c1-20(2)15-24(18-29(37)26-16-22-11-6-7-13-25(22)34-26)31(39)35-27(17-23-12-8-14-28(23)36)30(38)32(40)33-19-21-9-4-3-5-10-21/h3-7,9-11,13,16,20,23-24,27,34H,8,12,14-15,17-19H2,1-2H3,(H,33,40)(H,35,39)/t23-,24+,27-/m0/s1. The molecule has 0 saturated heterocycles. The van der Waals surface area contributed by atoms with E-state index in [1.165, 1.54) is 0 Å². The summed E-state index contributed by atoms with van der Waals surface area (Å²) in [4.78, 5) is 68.4. The summed E-state index contributed by atoms with van der Waals surface area (Å²) in [7, 11) is 0. The number of aromatic amines is 1. The number of ketones is 3. The number of carbonyl (C=O) groups excluding carboxylic acids is 5. The molecule has 1 aliphatic rings. The maximum absolute atomic E-state index is 13.5. The van der Waals surface area contributed by atoms with E-state index in [1.807, 2.05) is 68.4 Å². The Labute approximate surface area is 234 Å². The van der Waals surface area contributed by atoms with Crippen LogP contribution in [0.1, 0.15) is 68.4 Å². The third-order valence-corrected chi connectivity index (χ3v) is 7.49. The highest BCUT2D eigenvalue weighted by Crippen LogP contribution is 2.27. The van der Waals surface area contributed by atoms with Crippen molar-refractivity contribution in [3.63, 3.8) is 0 Å². The summed E-state index contributed by atoms with van der Waals surface area (Å²) in [5.41, 5.74) is 2.10. The molecule has 40 heavy (non-hydrogen) atoms. The first-order valence-corrected chi connectivity index (χ1v) is 14.0. The number of aromatic nitrogens is 1. The first-order chi connectivity index (χ1) is 19.2. The van der Waals surface area contributed by atoms with Crippen LogP contribution in [0.4, 0.5) is 0 Å². The SMILES string of the molecule is CC(C)C[C@H](CC(=O)c1cc2ccccc2[nH]1)C(=O)N[C@@H](C[C@@H]1CCCC1=O)C(=O)C(=O)NCc1ccccc1. The third kappa shape index (κ3) is 7.52. The molecule has 0 aliphatic heterocycles. The van der Waals surface area contributed by atoms with E-state index in [0.29, 0.717) is 25.0 Å². The zero-order chi connectivity index (χ0) is 28.6. The Morgan fingerprint density at radius 3 is 2.40 bits per heavy atom. The molecule has 0 unspecified atom stereocenters. The minimum atomic E-state index is -1.15. The van der Waals surface area contributed by atoms with E-state index in [-0.39, 0.29) is 42.8 Å². The predicted octanol–water partition coefficient (Wildman–Crippen LogP) is 4.53. The Hall–Kier alpha value is -4.07. The first kappa shape index (κ1) is 28.9. The van der Waals surface area contributed by atoms with Crippen molar-refractivity contribution in [3.8, 4) is 0 Å². The lowest BCUT2D eigenvalue weighted by molar-refractivity contribution is -0.141. The Morgan fingerprint density at radius 1 is 1.00 bits per heavy atom. The van der Waals surface area contributed by atoms with Crippen LogP contribution in [-0.2, 0) is 25.7 Å². The lowest BCUT2D eigenvalue weighted by atomic mass is 9.89. The van der Waals surface area contributed by atoms with Crippen LogP contribution in [-0.4, -0.2) is 40.2 Å². The zero-order valence-corrected chi connectivity index (χ0v) is 23.1. The van der Waals surface area contributed by atoms with E-state index in [2.05, 4.69) is 15.6 Å². The molecule has 210 valence electrons. The van der Waals surface area contributed by atoms with Crippen molar-refractivity contribution < 1.29 is 24.0 Å². The summed E-state index contributed by atoms with van der Waals surface area (Å²) < 4.78 is 0. The monoisotopic (exact) mass is 543 g/mol. The molecule has 0 spiro atoms. The van der Waals surface area contributed by atoms with Gasteiger partial charge in [0.25, 0.3) is 5.91 Å². The zero-order valence-electron chi connectivity index (χ0n) is 23.1. The molecule has 0 bridgehead atoms. The van der Waals surface area contributed by atoms with Gasteiger partial charge in [0.1, 0.15) is 5.78 Å². The van der Waals surface area contributed by atoms with Gasteiger partial charge in [0, 0.05) is 42.1 Å². The molecule has 0 radical (unpaired) electrons. The molecule has 4 rings (SSSR count). The molecule has 1 fully saturated rings. The largest absolute Gasteiger partial charge is 0.352 e. The molecule has 2 aromatic carbocycles. The summed E-state index contributed by atoms with van der Waals surface area (Å²) in [6, 6.07) is 17.4. The van der Waals surface area contributed by atoms with Gasteiger partial charge in [0.2, 0.25) is 11.7 Å². The number of benzene rings is 2. The molecule has 1 aromatic heterocycles. The minimum absolute atomic E-state index is 0.0414. The number of hydrogen-bond acceptors (Lipinski definition) is 5. The smallest absolute Gasteiger partial charge is 0.289 e. The van der Waals surface area contributed by atoms with Crippen molar-refractivity contribution in [2.75, 3.05) is 0 Å². The van der Waals surface area contributed by atoms with Gasteiger partial charge in [-0.1, -0.05) is 62.4 Å². The van der Waals surface area contributed by atoms with Crippen LogP contribution in [0.3, 0.4) is 0 Å². The summed E-state index contributed by atoms with van der Waals surface area (Å²) in [5, 5.41) is 6.31. The van der Waals surface area contributed by atoms with Crippen LogP contribution < -0.4 is 10.6 Å². The Morgan fingerprint density at radius 2 is 1.73 bits per heavy atom. The van der Waals surface area contributed by atoms with E-state index < -0.39 is 29.6 Å². The second-order valence-corrected chi connectivity index (χ2v) is 11.1. The number of fused-ring (bicyclic) bond motifs is 1. The topological polar surface area (TPSA) is 125 Å². The van der Waals surface area contributed by atoms with Gasteiger partial charge in [0.05, 0.1) is 11.7 Å². The van der Waals surface area contributed by atoms with Crippen molar-refractivity contribution in [2.45, 2.75) is 65.0 Å². The average molecular weight is 544 g/mol. The number of hydrogen-bond donors (Lipinski definition) is 3. The van der Waals surface area contributed by atoms with Gasteiger partial charge in [-0.15, -0.1) is 0 Å². The van der Waals surface area contributed by atoms with E-state index in [1.54, 1.807) is 6.07 Å². The summed E-state index contributed by atoms with van der Waals surface area (Å²) >= 11 is 0. The Balaban J connectivity index is 1.48. The summed E-state index contributed by atoms with van der Waals surface area (Å²) in [6.45, 7) is 4.10. The molecule has 8 nitrogen and oxygen atoms in total. The number of nitrogens with one attached hydrogen (secondary N) is 3. The summed E-state index contributed by atoms with van der Waals surface area (Å²) in [5.74, 6) is -3.17. The van der Waals surface area contributed by atoms with Gasteiger partial charge in [-0.3, -0.25) is 24.0 Å².